The average Bonchev–Trinajstić information content (AvgIpc) is 2.74. The lowest BCUT2D eigenvalue weighted by Gasteiger charge is -2.04. The number of carbonyl (C=O) groups excluding carboxylic acids is 1. The molecule has 2 rings (SSSR count). The summed E-state index contributed by atoms with van der Waals surface area (Å²) in [5, 5.41) is 0. The lowest BCUT2D eigenvalue weighted by atomic mass is 10.1. The number of halogens is 1. The van der Waals surface area contributed by atoms with Crippen molar-refractivity contribution in [2.75, 3.05) is 5.73 Å². The molecule has 2 aromatic rings. The van der Waals surface area contributed by atoms with Crippen LogP contribution in [-0.4, -0.2) is 10.8 Å². The monoisotopic (exact) mass is 264 g/mol. The number of aromatic nitrogens is 1. The fourth-order valence-corrected chi connectivity index (χ4v) is 1.79. The second kappa shape index (κ2) is 3.90. The van der Waals surface area contributed by atoms with Crippen LogP contribution in [0.15, 0.2) is 41.0 Å². The SMILES string of the molecule is Nc1cccc(C(=O)c2ccc[nH]2)c1Br. The van der Waals surface area contributed by atoms with Gasteiger partial charge in [-0.3, -0.25) is 4.79 Å². The number of benzene rings is 1. The first-order valence-electron chi connectivity index (χ1n) is 4.42. The average molecular weight is 265 g/mol. The van der Waals surface area contributed by atoms with E-state index < -0.39 is 0 Å². The van der Waals surface area contributed by atoms with Crippen LogP contribution in [0.2, 0.25) is 0 Å². The number of H-pyrrole nitrogens is 1. The number of hydrogen-bond donors (Lipinski definition) is 2. The summed E-state index contributed by atoms with van der Waals surface area (Å²) in [6, 6.07) is 8.76. The van der Waals surface area contributed by atoms with Gasteiger partial charge in [0.2, 0.25) is 5.78 Å². The summed E-state index contributed by atoms with van der Waals surface area (Å²) < 4.78 is 0.643. The molecule has 0 saturated heterocycles. The summed E-state index contributed by atoms with van der Waals surface area (Å²) in [5.74, 6) is -0.0702. The van der Waals surface area contributed by atoms with E-state index in [2.05, 4.69) is 20.9 Å². The van der Waals surface area contributed by atoms with Crippen molar-refractivity contribution in [1.29, 1.82) is 0 Å². The molecule has 15 heavy (non-hydrogen) atoms. The Morgan fingerprint density at radius 2 is 2.07 bits per heavy atom. The van der Waals surface area contributed by atoms with E-state index in [9.17, 15) is 4.79 Å². The lowest BCUT2D eigenvalue weighted by molar-refractivity contribution is 0.103. The summed E-state index contributed by atoms with van der Waals surface area (Å²) >= 11 is 3.31. The number of nitrogens with two attached hydrogens (primary N) is 1. The smallest absolute Gasteiger partial charge is 0.210 e. The molecule has 0 aliphatic rings. The minimum absolute atomic E-state index is 0.0702. The number of nitrogens with one attached hydrogen (secondary N) is 1. The number of nitrogen functional groups attached to an aromatic ring is 1. The minimum Gasteiger partial charge on any atom is -0.398 e. The highest BCUT2D eigenvalue weighted by molar-refractivity contribution is 9.10. The van der Waals surface area contributed by atoms with E-state index >= 15 is 0 Å². The van der Waals surface area contributed by atoms with Crippen LogP contribution in [0, 0.1) is 0 Å². The van der Waals surface area contributed by atoms with E-state index in [-0.39, 0.29) is 5.78 Å². The third-order valence-electron chi connectivity index (χ3n) is 2.12. The number of rotatable bonds is 2. The van der Waals surface area contributed by atoms with Crippen molar-refractivity contribution >= 4 is 27.4 Å². The fraction of sp³-hybridized carbons (Fsp3) is 0. The van der Waals surface area contributed by atoms with Crippen LogP contribution in [0.4, 0.5) is 5.69 Å². The third-order valence-corrected chi connectivity index (χ3v) is 3.00. The van der Waals surface area contributed by atoms with Crippen LogP contribution in [0.25, 0.3) is 0 Å². The van der Waals surface area contributed by atoms with Gasteiger partial charge < -0.3 is 10.7 Å². The van der Waals surface area contributed by atoms with Gasteiger partial charge in [0.1, 0.15) is 0 Å². The van der Waals surface area contributed by atoms with Crippen LogP contribution in [-0.2, 0) is 0 Å². The largest absolute Gasteiger partial charge is 0.398 e. The zero-order valence-electron chi connectivity index (χ0n) is 7.83. The Morgan fingerprint density at radius 1 is 1.27 bits per heavy atom. The summed E-state index contributed by atoms with van der Waals surface area (Å²) in [7, 11) is 0. The number of hydrogen-bond acceptors (Lipinski definition) is 2. The molecule has 0 spiro atoms. The molecule has 1 aromatic carbocycles. The van der Waals surface area contributed by atoms with Crippen molar-refractivity contribution in [2.45, 2.75) is 0 Å². The number of carbonyl (C=O) groups is 1. The molecule has 0 atom stereocenters. The molecule has 0 bridgehead atoms. The van der Waals surface area contributed by atoms with Gasteiger partial charge in [-0.15, -0.1) is 0 Å². The zero-order chi connectivity index (χ0) is 10.8. The minimum atomic E-state index is -0.0702. The highest BCUT2D eigenvalue weighted by atomic mass is 79.9. The molecule has 0 amide bonds. The maximum absolute atomic E-state index is 12.0. The first-order valence-corrected chi connectivity index (χ1v) is 5.21. The maximum atomic E-state index is 12.0. The molecule has 0 aliphatic carbocycles. The van der Waals surface area contributed by atoms with Gasteiger partial charge in [-0.25, -0.2) is 0 Å². The molecule has 1 heterocycles. The Hall–Kier alpha value is -1.55. The van der Waals surface area contributed by atoms with Gasteiger partial charge in [0.15, 0.2) is 0 Å². The van der Waals surface area contributed by atoms with Crippen molar-refractivity contribution in [3.05, 3.63) is 52.3 Å². The van der Waals surface area contributed by atoms with Gasteiger partial charge in [-0.05, 0) is 40.2 Å². The highest BCUT2D eigenvalue weighted by Crippen LogP contribution is 2.25. The molecule has 3 N–H and O–H groups in total. The van der Waals surface area contributed by atoms with Crippen LogP contribution < -0.4 is 5.73 Å². The molecule has 1 aromatic heterocycles. The van der Waals surface area contributed by atoms with Gasteiger partial charge in [0.25, 0.3) is 0 Å². The maximum Gasteiger partial charge on any atom is 0.210 e. The molecule has 0 radical (unpaired) electrons. The predicted octanol–water partition coefficient (Wildman–Crippen LogP) is 2.59. The van der Waals surface area contributed by atoms with Crippen LogP contribution in [0.1, 0.15) is 16.1 Å². The first kappa shape index (κ1) is 9.98. The predicted molar refractivity (Wildman–Crippen MR) is 62.8 cm³/mol. The van der Waals surface area contributed by atoms with E-state index in [0.717, 1.165) is 0 Å². The first-order chi connectivity index (χ1) is 7.20. The van der Waals surface area contributed by atoms with E-state index in [1.165, 1.54) is 0 Å². The molecule has 3 nitrogen and oxygen atoms in total. The Balaban J connectivity index is 2.47. The van der Waals surface area contributed by atoms with Crippen molar-refractivity contribution < 1.29 is 4.79 Å². The Morgan fingerprint density at radius 3 is 2.73 bits per heavy atom. The molecule has 76 valence electrons. The molecular weight excluding hydrogens is 256 g/mol. The zero-order valence-corrected chi connectivity index (χ0v) is 9.41. The summed E-state index contributed by atoms with van der Waals surface area (Å²) in [5.41, 5.74) is 7.39. The van der Waals surface area contributed by atoms with Crippen LogP contribution in [0.3, 0.4) is 0 Å². The highest BCUT2D eigenvalue weighted by Gasteiger charge is 2.14. The van der Waals surface area contributed by atoms with Gasteiger partial charge in [0.05, 0.1) is 10.2 Å². The number of ketones is 1. The normalized spacial score (nSPS) is 10.2. The second-order valence-electron chi connectivity index (χ2n) is 3.12. The second-order valence-corrected chi connectivity index (χ2v) is 3.91. The van der Waals surface area contributed by atoms with Gasteiger partial charge in [-0.2, -0.15) is 0 Å². The third kappa shape index (κ3) is 1.80. The Bertz CT molecular complexity index is 491. The molecule has 0 fully saturated rings. The summed E-state index contributed by atoms with van der Waals surface area (Å²) in [6.45, 7) is 0. The van der Waals surface area contributed by atoms with Crippen LogP contribution >= 0.6 is 15.9 Å². The molecular formula is C11H9BrN2O. The standard InChI is InChI=1S/C11H9BrN2O/c12-10-7(3-1-4-8(10)13)11(15)9-5-2-6-14-9/h1-6,14H,13H2. The topological polar surface area (TPSA) is 58.9 Å². The van der Waals surface area contributed by atoms with Gasteiger partial charge in [-0.1, -0.05) is 6.07 Å². The van der Waals surface area contributed by atoms with E-state index in [1.54, 1.807) is 36.5 Å². The van der Waals surface area contributed by atoms with Crippen molar-refractivity contribution in [3.63, 3.8) is 0 Å². The number of aromatic amines is 1. The fourth-order valence-electron chi connectivity index (χ4n) is 1.34. The molecule has 0 unspecified atom stereocenters. The van der Waals surface area contributed by atoms with Gasteiger partial charge >= 0.3 is 0 Å². The van der Waals surface area contributed by atoms with Gasteiger partial charge in [0, 0.05) is 17.4 Å². The molecule has 0 saturated carbocycles. The Kier molecular flexibility index (Phi) is 2.60. The van der Waals surface area contributed by atoms with E-state index in [4.69, 9.17) is 5.73 Å². The number of anilines is 1. The Labute approximate surface area is 95.4 Å². The van der Waals surface area contributed by atoms with E-state index in [0.29, 0.717) is 21.4 Å². The van der Waals surface area contributed by atoms with Crippen molar-refractivity contribution in [3.8, 4) is 0 Å². The lowest BCUT2D eigenvalue weighted by Crippen LogP contribution is -2.04. The van der Waals surface area contributed by atoms with Crippen LogP contribution in [0.5, 0.6) is 0 Å². The van der Waals surface area contributed by atoms with Crippen molar-refractivity contribution in [1.82, 2.24) is 4.98 Å². The molecule has 4 heteroatoms. The van der Waals surface area contributed by atoms with E-state index in [1.807, 2.05) is 0 Å². The van der Waals surface area contributed by atoms with Crippen molar-refractivity contribution in [2.24, 2.45) is 0 Å². The quantitative estimate of drug-likeness (QED) is 0.647. The summed E-state index contributed by atoms with van der Waals surface area (Å²) in [4.78, 5) is 14.8. The molecule has 0 aliphatic heterocycles. The summed E-state index contributed by atoms with van der Waals surface area (Å²) in [6.07, 6.45) is 1.72.